The zero-order chi connectivity index (χ0) is 18.8. The fraction of sp³-hybridized carbons (Fsp3) is 0.333. The average molecular weight is 353 g/mol. The van der Waals surface area contributed by atoms with Gasteiger partial charge in [0.05, 0.1) is 0 Å². The molecule has 0 aliphatic heterocycles. The van der Waals surface area contributed by atoms with Crippen molar-refractivity contribution in [2.75, 3.05) is 30.9 Å². The van der Waals surface area contributed by atoms with Crippen LogP contribution in [0, 0.1) is 0 Å². The molecule has 5 nitrogen and oxygen atoms in total. The number of carbonyl (C=O) groups is 2. The lowest BCUT2D eigenvalue weighted by atomic mass is 10.1. The van der Waals surface area contributed by atoms with E-state index in [2.05, 4.69) is 10.6 Å². The normalized spacial score (nSPS) is 10.2. The van der Waals surface area contributed by atoms with Crippen LogP contribution in [0.15, 0.2) is 54.6 Å². The van der Waals surface area contributed by atoms with Gasteiger partial charge in [-0.2, -0.15) is 0 Å². The molecule has 0 atom stereocenters. The van der Waals surface area contributed by atoms with Gasteiger partial charge in [-0.25, -0.2) is 0 Å². The van der Waals surface area contributed by atoms with Crippen LogP contribution in [0.25, 0.3) is 0 Å². The Balaban J connectivity index is 1.58. The SMILES string of the molecule is CN(C)c1ccc(NC(=O)CCCCCNC(=O)c2ccccc2)cc1. The van der Waals surface area contributed by atoms with Crippen LogP contribution in [-0.2, 0) is 4.79 Å². The summed E-state index contributed by atoms with van der Waals surface area (Å²) in [6.45, 7) is 0.626. The van der Waals surface area contributed by atoms with Crippen LogP contribution in [0.4, 0.5) is 11.4 Å². The standard InChI is InChI=1S/C21H27N3O2/c1-24(2)19-14-12-18(13-15-19)23-20(25)11-7-4-8-16-22-21(26)17-9-5-3-6-10-17/h3,5-6,9-10,12-15H,4,7-8,11,16H2,1-2H3,(H,22,26)(H,23,25). The summed E-state index contributed by atoms with van der Waals surface area (Å²) in [5, 5.41) is 5.81. The smallest absolute Gasteiger partial charge is 0.251 e. The van der Waals surface area contributed by atoms with Gasteiger partial charge in [0, 0.05) is 44.0 Å². The van der Waals surface area contributed by atoms with E-state index in [1.165, 1.54) is 0 Å². The van der Waals surface area contributed by atoms with Crippen LogP contribution in [-0.4, -0.2) is 32.5 Å². The highest BCUT2D eigenvalue weighted by atomic mass is 16.2. The Kier molecular flexibility index (Phi) is 7.68. The minimum atomic E-state index is -0.0514. The molecule has 2 N–H and O–H groups in total. The van der Waals surface area contributed by atoms with Crippen LogP contribution in [0.5, 0.6) is 0 Å². The first-order chi connectivity index (χ1) is 12.6. The third kappa shape index (κ3) is 6.59. The zero-order valence-electron chi connectivity index (χ0n) is 15.5. The van der Waals surface area contributed by atoms with E-state index in [1.807, 2.05) is 61.5 Å². The molecular formula is C21H27N3O2. The summed E-state index contributed by atoms with van der Waals surface area (Å²) >= 11 is 0. The van der Waals surface area contributed by atoms with Crippen molar-refractivity contribution in [3.63, 3.8) is 0 Å². The van der Waals surface area contributed by atoms with Crippen molar-refractivity contribution in [3.05, 3.63) is 60.2 Å². The van der Waals surface area contributed by atoms with Gasteiger partial charge < -0.3 is 15.5 Å². The van der Waals surface area contributed by atoms with Crippen LogP contribution in [0.2, 0.25) is 0 Å². The summed E-state index contributed by atoms with van der Waals surface area (Å²) in [7, 11) is 3.96. The molecular weight excluding hydrogens is 326 g/mol. The number of carbonyl (C=O) groups excluding carboxylic acids is 2. The number of nitrogens with one attached hydrogen (secondary N) is 2. The predicted octanol–water partition coefficient (Wildman–Crippen LogP) is 3.68. The van der Waals surface area contributed by atoms with Gasteiger partial charge in [0.2, 0.25) is 5.91 Å². The van der Waals surface area contributed by atoms with Crippen molar-refractivity contribution < 1.29 is 9.59 Å². The fourth-order valence-electron chi connectivity index (χ4n) is 2.55. The van der Waals surface area contributed by atoms with Crippen molar-refractivity contribution in [1.29, 1.82) is 0 Å². The second-order valence-electron chi connectivity index (χ2n) is 6.42. The van der Waals surface area contributed by atoms with Gasteiger partial charge in [0.1, 0.15) is 0 Å². The molecule has 0 aliphatic rings. The first kappa shape index (κ1) is 19.5. The first-order valence-electron chi connectivity index (χ1n) is 8.97. The number of amides is 2. The van der Waals surface area contributed by atoms with E-state index in [1.54, 1.807) is 12.1 Å². The molecule has 0 heterocycles. The van der Waals surface area contributed by atoms with Gasteiger partial charge in [-0.1, -0.05) is 24.6 Å². The van der Waals surface area contributed by atoms with Crippen molar-refractivity contribution in [2.45, 2.75) is 25.7 Å². The number of rotatable bonds is 9. The fourth-order valence-corrected chi connectivity index (χ4v) is 2.55. The monoisotopic (exact) mass is 353 g/mol. The largest absolute Gasteiger partial charge is 0.378 e. The summed E-state index contributed by atoms with van der Waals surface area (Å²) in [6.07, 6.45) is 3.07. The van der Waals surface area contributed by atoms with Gasteiger partial charge in [-0.15, -0.1) is 0 Å². The number of hydrogen-bond acceptors (Lipinski definition) is 3. The third-order valence-electron chi connectivity index (χ3n) is 4.07. The summed E-state index contributed by atoms with van der Waals surface area (Å²) in [5.41, 5.74) is 2.59. The van der Waals surface area contributed by atoms with Crippen LogP contribution in [0.1, 0.15) is 36.0 Å². The van der Waals surface area contributed by atoms with Gasteiger partial charge in [-0.05, 0) is 49.2 Å². The number of nitrogens with zero attached hydrogens (tertiary/aromatic N) is 1. The molecule has 26 heavy (non-hydrogen) atoms. The molecule has 0 saturated heterocycles. The van der Waals surface area contributed by atoms with Crippen molar-refractivity contribution in [1.82, 2.24) is 5.32 Å². The summed E-state index contributed by atoms with van der Waals surface area (Å²) in [5.74, 6) is -0.0274. The molecule has 0 bridgehead atoms. The first-order valence-corrected chi connectivity index (χ1v) is 8.97. The molecule has 0 saturated carbocycles. The average Bonchev–Trinajstić information content (AvgIpc) is 2.65. The quantitative estimate of drug-likeness (QED) is 0.676. The Bertz CT molecular complexity index is 697. The zero-order valence-corrected chi connectivity index (χ0v) is 15.5. The van der Waals surface area contributed by atoms with E-state index in [-0.39, 0.29) is 11.8 Å². The molecule has 0 aromatic heterocycles. The van der Waals surface area contributed by atoms with E-state index in [4.69, 9.17) is 0 Å². The molecule has 138 valence electrons. The van der Waals surface area contributed by atoms with Gasteiger partial charge in [0.15, 0.2) is 0 Å². The molecule has 2 amide bonds. The number of anilines is 2. The van der Waals surface area contributed by atoms with E-state index in [0.717, 1.165) is 30.6 Å². The lowest BCUT2D eigenvalue weighted by molar-refractivity contribution is -0.116. The van der Waals surface area contributed by atoms with E-state index >= 15 is 0 Å². The summed E-state index contributed by atoms with van der Waals surface area (Å²) in [6, 6.07) is 17.0. The molecule has 0 fully saturated rings. The minimum Gasteiger partial charge on any atom is -0.378 e. The Morgan fingerprint density at radius 3 is 2.23 bits per heavy atom. The molecule has 2 aromatic carbocycles. The summed E-state index contributed by atoms with van der Waals surface area (Å²) in [4.78, 5) is 25.9. The highest BCUT2D eigenvalue weighted by Gasteiger charge is 2.05. The Morgan fingerprint density at radius 2 is 1.58 bits per heavy atom. The maximum absolute atomic E-state index is 12.0. The van der Waals surface area contributed by atoms with Crippen LogP contribution < -0.4 is 15.5 Å². The Morgan fingerprint density at radius 1 is 0.885 bits per heavy atom. The highest BCUT2D eigenvalue weighted by molar-refractivity contribution is 5.94. The van der Waals surface area contributed by atoms with Crippen molar-refractivity contribution in [3.8, 4) is 0 Å². The highest BCUT2D eigenvalue weighted by Crippen LogP contribution is 2.16. The molecule has 0 unspecified atom stereocenters. The van der Waals surface area contributed by atoms with E-state index in [0.29, 0.717) is 18.5 Å². The van der Waals surface area contributed by atoms with Crippen LogP contribution in [0.3, 0.4) is 0 Å². The molecule has 2 aromatic rings. The maximum Gasteiger partial charge on any atom is 0.251 e. The van der Waals surface area contributed by atoms with Crippen molar-refractivity contribution in [2.24, 2.45) is 0 Å². The van der Waals surface area contributed by atoms with E-state index < -0.39 is 0 Å². The molecule has 0 spiro atoms. The Hall–Kier alpha value is -2.82. The topological polar surface area (TPSA) is 61.4 Å². The number of unbranched alkanes of at least 4 members (excludes halogenated alkanes) is 2. The molecule has 0 aliphatic carbocycles. The number of hydrogen-bond donors (Lipinski definition) is 2. The minimum absolute atomic E-state index is 0.0240. The summed E-state index contributed by atoms with van der Waals surface area (Å²) < 4.78 is 0. The van der Waals surface area contributed by atoms with Crippen molar-refractivity contribution >= 4 is 23.2 Å². The van der Waals surface area contributed by atoms with Gasteiger partial charge >= 0.3 is 0 Å². The van der Waals surface area contributed by atoms with Gasteiger partial charge in [0.25, 0.3) is 5.91 Å². The van der Waals surface area contributed by atoms with Gasteiger partial charge in [-0.3, -0.25) is 9.59 Å². The number of benzene rings is 2. The van der Waals surface area contributed by atoms with Crippen LogP contribution >= 0.6 is 0 Å². The molecule has 0 radical (unpaired) electrons. The lowest BCUT2D eigenvalue weighted by Crippen LogP contribution is -2.24. The maximum atomic E-state index is 12.0. The second kappa shape index (κ2) is 10.2. The Labute approximate surface area is 155 Å². The molecule has 2 rings (SSSR count). The molecule has 5 heteroatoms. The second-order valence-corrected chi connectivity index (χ2v) is 6.42. The lowest BCUT2D eigenvalue weighted by Gasteiger charge is -2.13. The predicted molar refractivity (Wildman–Crippen MR) is 107 cm³/mol. The third-order valence-corrected chi connectivity index (χ3v) is 4.07. The van der Waals surface area contributed by atoms with E-state index in [9.17, 15) is 9.59 Å².